The van der Waals surface area contributed by atoms with Crippen molar-refractivity contribution in [3.63, 3.8) is 0 Å². The van der Waals surface area contributed by atoms with Crippen LogP contribution in [-0.2, 0) is 9.53 Å². The van der Waals surface area contributed by atoms with Crippen LogP contribution < -0.4 is 10.6 Å². The number of ether oxygens (including phenoxy) is 1. The van der Waals surface area contributed by atoms with Crippen LogP contribution in [0.15, 0.2) is 42.6 Å². The summed E-state index contributed by atoms with van der Waals surface area (Å²) in [5.41, 5.74) is 1.65. The number of aromatic nitrogens is 1. The fraction of sp³-hybridized carbons (Fsp3) is 0.235. The number of esters is 1. The molecule has 0 bridgehead atoms. The van der Waals surface area contributed by atoms with Gasteiger partial charge in [0.15, 0.2) is 0 Å². The number of amides is 1. The molecule has 0 aliphatic rings. The summed E-state index contributed by atoms with van der Waals surface area (Å²) in [5, 5.41) is 5.83. The molecule has 6 heteroatoms. The summed E-state index contributed by atoms with van der Waals surface area (Å²) in [6, 6.07) is 10.5. The number of para-hydroxylation sites is 1. The Morgan fingerprint density at radius 3 is 2.48 bits per heavy atom. The van der Waals surface area contributed by atoms with Gasteiger partial charge in [0.25, 0.3) is 0 Å². The van der Waals surface area contributed by atoms with Gasteiger partial charge in [0.05, 0.1) is 30.2 Å². The predicted molar refractivity (Wildman–Crippen MR) is 88.8 cm³/mol. The van der Waals surface area contributed by atoms with E-state index in [4.69, 9.17) is 4.74 Å². The molecule has 0 spiro atoms. The van der Waals surface area contributed by atoms with E-state index in [1.807, 2.05) is 19.9 Å². The quantitative estimate of drug-likeness (QED) is 0.829. The number of pyridine rings is 1. The van der Waals surface area contributed by atoms with E-state index < -0.39 is 5.97 Å². The molecule has 0 aliphatic heterocycles. The molecule has 0 atom stereocenters. The number of hydrogen-bond acceptors (Lipinski definition) is 5. The minimum absolute atomic E-state index is 0.0662. The highest BCUT2D eigenvalue weighted by molar-refractivity contribution is 5.96. The lowest BCUT2D eigenvalue weighted by atomic mass is 10.2. The summed E-state index contributed by atoms with van der Waals surface area (Å²) in [6.45, 7) is 3.64. The molecular formula is C17H19N3O3. The van der Waals surface area contributed by atoms with Crippen molar-refractivity contribution in [2.24, 2.45) is 5.92 Å². The molecule has 1 aromatic heterocycles. The first-order chi connectivity index (χ1) is 11.0. The first-order valence-electron chi connectivity index (χ1n) is 7.22. The van der Waals surface area contributed by atoms with Gasteiger partial charge in [-0.05, 0) is 24.3 Å². The second-order valence-corrected chi connectivity index (χ2v) is 5.24. The zero-order valence-corrected chi connectivity index (χ0v) is 13.3. The second-order valence-electron chi connectivity index (χ2n) is 5.24. The smallest absolute Gasteiger partial charge is 0.339 e. The van der Waals surface area contributed by atoms with E-state index >= 15 is 0 Å². The molecule has 2 rings (SSSR count). The number of benzene rings is 1. The van der Waals surface area contributed by atoms with E-state index in [9.17, 15) is 9.59 Å². The Labute approximate surface area is 134 Å². The third kappa shape index (κ3) is 4.29. The molecule has 2 N–H and O–H groups in total. The van der Waals surface area contributed by atoms with Gasteiger partial charge in [-0.15, -0.1) is 0 Å². The molecule has 120 valence electrons. The second kappa shape index (κ2) is 7.40. The Morgan fingerprint density at radius 1 is 1.13 bits per heavy atom. The van der Waals surface area contributed by atoms with Crippen LogP contribution in [-0.4, -0.2) is 24.0 Å². The van der Waals surface area contributed by atoms with Gasteiger partial charge in [0.2, 0.25) is 5.91 Å². The van der Waals surface area contributed by atoms with Crippen molar-refractivity contribution < 1.29 is 14.3 Å². The number of nitrogens with one attached hydrogen (secondary N) is 2. The third-order valence-electron chi connectivity index (χ3n) is 3.15. The topological polar surface area (TPSA) is 80.3 Å². The van der Waals surface area contributed by atoms with Gasteiger partial charge < -0.3 is 15.4 Å². The fourth-order valence-corrected chi connectivity index (χ4v) is 1.85. The Kier molecular flexibility index (Phi) is 5.30. The number of hydrogen-bond donors (Lipinski definition) is 2. The highest BCUT2D eigenvalue weighted by Crippen LogP contribution is 2.21. The standard InChI is InChI=1S/C17H19N3O3/c1-11(2)16(21)19-12-8-9-15(18-10-12)20-14-7-5-4-6-13(14)17(22)23-3/h4-11H,1-3H3,(H,18,20)(H,19,21). The zero-order valence-electron chi connectivity index (χ0n) is 13.3. The van der Waals surface area contributed by atoms with Crippen LogP contribution in [0, 0.1) is 5.92 Å². The maximum Gasteiger partial charge on any atom is 0.339 e. The van der Waals surface area contributed by atoms with E-state index in [2.05, 4.69) is 15.6 Å². The average Bonchev–Trinajstić information content (AvgIpc) is 2.56. The van der Waals surface area contributed by atoms with E-state index in [-0.39, 0.29) is 11.8 Å². The molecule has 1 amide bonds. The van der Waals surface area contributed by atoms with Crippen LogP contribution in [0.25, 0.3) is 0 Å². The van der Waals surface area contributed by atoms with Crippen molar-refractivity contribution in [1.82, 2.24) is 4.98 Å². The Hall–Kier alpha value is -2.89. The van der Waals surface area contributed by atoms with Gasteiger partial charge in [0, 0.05) is 5.92 Å². The van der Waals surface area contributed by atoms with Crippen LogP contribution >= 0.6 is 0 Å². The van der Waals surface area contributed by atoms with E-state index in [0.717, 1.165) is 0 Å². The summed E-state index contributed by atoms with van der Waals surface area (Å²) >= 11 is 0. The summed E-state index contributed by atoms with van der Waals surface area (Å²) < 4.78 is 4.75. The van der Waals surface area contributed by atoms with Gasteiger partial charge in [-0.3, -0.25) is 4.79 Å². The molecule has 0 radical (unpaired) electrons. The van der Waals surface area contributed by atoms with E-state index in [1.165, 1.54) is 7.11 Å². The van der Waals surface area contributed by atoms with Crippen molar-refractivity contribution in [1.29, 1.82) is 0 Å². The highest BCUT2D eigenvalue weighted by atomic mass is 16.5. The minimum atomic E-state index is -0.422. The first kappa shape index (κ1) is 16.5. The maximum absolute atomic E-state index is 11.7. The molecule has 0 aliphatic carbocycles. The molecule has 0 saturated carbocycles. The predicted octanol–water partition coefficient (Wildman–Crippen LogP) is 3.21. The monoisotopic (exact) mass is 313 g/mol. The van der Waals surface area contributed by atoms with Crippen LogP contribution in [0.5, 0.6) is 0 Å². The lowest BCUT2D eigenvalue weighted by molar-refractivity contribution is -0.118. The van der Waals surface area contributed by atoms with Crippen LogP contribution in [0.1, 0.15) is 24.2 Å². The van der Waals surface area contributed by atoms with Crippen molar-refractivity contribution in [3.05, 3.63) is 48.2 Å². The van der Waals surface area contributed by atoms with E-state index in [0.29, 0.717) is 22.8 Å². The highest BCUT2D eigenvalue weighted by Gasteiger charge is 2.11. The molecule has 1 heterocycles. The molecule has 6 nitrogen and oxygen atoms in total. The summed E-state index contributed by atoms with van der Waals surface area (Å²) in [4.78, 5) is 27.6. The first-order valence-corrected chi connectivity index (χ1v) is 7.22. The van der Waals surface area contributed by atoms with Crippen molar-refractivity contribution in [2.75, 3.05) is 17.7 Å². The summed E-state index contributed by atoms with van der Waals surface area (Å²) in [6.07, 6.45) is 1.56. The number of carbonyl (C=O) groups excluding carboxylic acids is 2. The van der Waals surface area contributed by atoms with Crippen LogP contribution in [0.2, 0.25) is 0 Å². The number of methoxy groups -OCH3 is 1. The van der Waals surface area contributed by atoms with Gasteiger partial charge in [-0.25, -0.2) is 9.78 Å². The molecular weight excluding hydrogens is 294 g/mol. The van der Waals surface area contributed by atoms with Gasteiger partial charge in [-0.2, -0.15) is 0 Å². The SMILES string of the molecule is COC(=O)c1ccccc1Nc1ccc(NC(=O)C(C)C)cn1. The Balaban J connectivity index is 2.13. The van der Waals surface area contributed by atoms with Crippen LogP contribution in [0.3, 0.4) is 0 Å². The summed E-state index contributed by atoms with van der Waals surface area (Å²) in [5.74, 6) is -0.0268. The molecule has 1 aromatic carbocycles. The molecule has 23 heavy (non-hydrogen) atoms. The number of rotatable bonds is 5. The normalized spacial score (nSPS) is 10.3. The number of anilines is 3. The maximum atomic E-state index is 11.7. The number of nitrogens with zero attached hydrogens (tertiary/aromatic N) is 1. The van der Waals surface area contributed by atoms with Crippen molar-refractivity contribution in [2.45, 2.75) is 13.8 Å². The van der Waals surface area contributed by atoms with Crippen molar-refractivity contribution >= 4 is 29.1 Å². The Morgan fingerprint density at radius 2 is 1.87 bits per heavy atom. The van der Waals surface area contributed by atoms with Gasteiger partial charge in [0.1, 0.15) is 5.82 Å². The summed E-state index contributed by atoms with van der Waals surface area (Å²) in [7, 11) is 1.34. The minimum Gasteiger partial charge on any atom is -0.465 e. The van der Waals surface area contributed by atoms with E-state index in [1.54, 1.807) is 36.5 Å². The average molecular weight is 313 g/mol. The molecule has 2 aromatic rings. The van der Waals surface area contributed by atoms with Crippen LogP contribution in [0.4, 0.5) is 17.2 Å². The molecule has 0 fully saturated rings. The lowest BCUT2D eigenvalue weighted by Crippen LogP contribution is -2.17. The third-order valence-corrected chi connectivity index (χ3v) is 3.15. The largest absolute Gasteiger partial charge is 0.465 e. The van der Waals surface area contributed by atoms with Crippen molar-refractivity contribution in [3.8, 4) is 0 Å². The lowest BCUT2D eigenvalue weighted by Gasteiger charge is -2.11. The Bertz CT molecular complexity index is 696. The zero-order chi connectivity index (χ0) is 16.8. The molecule has 0 unspecified atom stereocenters. The fourth-order valence-electron chi connectivity index (χ4n) is 1.85. The van der Waals surface area contributed by atoms with Gasteiger partial charge >= 0.3 is 5.97 Å². The molecule has 0 saturated heterocycles. The number of carbonyl (C=O) groups is 2. The van der Waals surface area contributed by atoms with Gasteiger partial charge in [-0.1, -0.05) is 26.0 Å².